The zero-order valence-corrected chi connectivity index (χ0v) is 11.0. The second-order valence-electron chi connectivity index (χ2n) is 5.13. The van der Waals surface area contributed by atoms with Crippen LogP contribution in [0, 0.1) is 17.6 Å². The van der Waals surface area contributed by atoms with Gasteiger partial charge in [0.2, 0.25) is 5.91 Å². The molecule has 19 heavy (non-hydrogen) atoms. The van der Waals surface area contributed by atoms with Crippen molar-refractivity contribution in [3.05, 3.63) is 29.8 Å². The first-order valence-electron chi connectivity index (χ1n) is 6.52. The van der Waals surface area contributed by atoms with Gasteiger partial charge >= 0.3 is 0 Å². The van der Waals surface area contributed by atoms with Crippen LogP contribution in [0.4, 0.5) is 14.5 Å². The Morgan fingerprint density at radius 3 is 2.68 bits per heavy atom. The first-order chi connectivity index (χ1) is 9.04. The van der Waals surface area contributed by atoms with Gasteiger partial charge in [0.05, 0.1) is 12.2 Å². The van der Waals surface area contributed by atoms with Crippen molar-refractivity contribution in [1.29, 1.82) is 0 Å². The normalized spacial score (nSPS) is 17.4. The van der Waals surface area contributed by atoms with Crippen molar-refractivity contribution >= 4 is 11.6 Å². The topological polar surface area (TPSA) is 32.3 Å². The molecule has 1 aromatic rings. The second-order valence-corrected chi connectivity index (χ2v) is 5.13. The first-order valence-corrected chi connectivity index (χ1v) is 6.52. The number of hydrogen-bond acceptors (Lipinski definition) is 2. The van der Waals surface area contributed by atoms with E-state index < -0.39 is 11.6 Å². The molecule has 1 aliphatic rings. The molecule has 104 valence electrons. The highest BCUT2D eigenvalue weighted by molar-refractivity contribution is 5.92. The second kappa shape index (κ2) is 6.10. The number of amides is 1. The van der Waals surface area contributed by atoms with E-state index in [0.29, 0.717) is 5.92 Å². The van der Waals surface area contributed by atoms with Gasteiger partial charge in [-0.1, -0.05) is 6.92 Å². The molecule has 0 atom stereocenters. The maximum Gasteiger partial charge on any atom is 0.238 e. The first kappa shape index (κ1) is 13.9. The smallest absolute Gasteiger partial charge is 0.238 e. The summed E-state index contributed by atoms with van der Waals surface area (Å²) in [5.41, 5.74) is 0.0248. The number of anilines is 1. The van der Waals surface area contributed by atoms with Gasteiger partial charge < -0.3 is 5.32 Å². The fourth-order valence-electron chi connectivity index (χ4n) is 2.20. The van der Waals surface area contributed by atoms with Gasteiger partial charge in [0.25, 0.3) is 0 Å². The van der Waals surface area contributed by atoms with Crippen LogP contribution < -0.4 is 5.32 Å². The fourth-order valence-corrected chi connectivity index (χ4v) is 2.20. The van der Waals surface area contributed by atoms with Crippen molar-refractivity contribution in [1.82, 2.24) is 4.90 Å². The average Bonchev–Trinajstić information content (AvgIpc) is 2.36. The molecule has 0 unspecified atom stereocenters. The molecule has 1 fully saturated rings. The Balaban J connectivity index is 1.87. The van der Waals surface area contributed by atoms with E-state index >= 15 is 0 Å². The summed E-state index contributed by atoms with van der Waals surface area (Å²) >= 11 is 0. The van der Waals surface area contributed by atoms with Crippen LogP contribution in [-0.2, 0) is 4.79 Å². The molecule has 1 saturated heterocycles. The highest BCUT2D eigenvalue weighted by Gasteiger charge is 2.18. The maximum absolute atomic E-state index is 13.4. The van der Waals surface area contributed by atoms with Gasteiger partial charge in [0.1, 0.15) is 11.6 Å². The van der Waals surface area contributed by atoms with Crippen LogP contribution in [0.2, 0.25) is 0 Å². The summed E-state index contributed by atoms with van der Waals surface area (Å²) in [4.78, 5) is 13.8. The summed E-state index contributed by atoms with van der Waals surface area (Å²) < 4.78 is 26.1. The number of piperidine rings is 1. The summed E-state index contributed by atoms with van der Waals surface area (Å²) in [6.45, 7) is 4.23. The van der Waals surface area contributed by atoms with E-state index in [1.54, 1.807) is 0 Å². The lowest BCUT2D eigenvalue weighted by atomic mass is 9.99. The molecule has 0 spiro atoms. The molecule has 2 rings (SSSR count). The van der Waals surface area contributed by atoms with Crippen molar-refractivity contribution in [2.45, 2.75) is 19.8 Å². The summed E-state index contributed by atoms with van der Waals surface area (Å²) in [7, 11) is 0. The molecule has 0 radical (unpaired) electrons. The minimum absolute atomic E-state index is 0.0248. The van der Waals surface area contributed by atoms with E-state index in [-0.39, 0.29) is 18.1 Å². The molecule has 1 N–H and O–H groups in total. The number of benzene rings is 1. The van der Waals surface area contributed by atoms with Crippen molar-refractivity contribution < 1.29 is 13.6 Å². The molecule has 0 aliphatic carbocycles. The Morgan fingerprint density at radius 2 is 2.05 bits per heavy atom. The SMILES string of the molecule is CC1CCN(CC(=O)Nc2ccc(F)cc2F)CC1. The molecule has 0 bridgehead atoms. The third-order valence-corrected chi connectivity index (χ3v) is 3.45. The number of nitrogens with zero attached hydrogens (tertiary/aromatic N) is 1. The van der Waals surface area contributed by atoms with Crippen LogP contribution in [0.15, 0.2) is 18.2 Å². The van der Waals surface area contributed by atoms with Crippen LogP contribution in [0.25, 0.3) is 0 Å². The van der Waals surface area contributed by atoms with E-state index in [9.17, 15) is 13.6 Å². The van der Waals surface area contributed by atoms with Gasteiger partial charge in [-0.25, -0.2) is 8.78 Å². The minimum Gasteiger partial charge on any atom is -0.322 e. The van der Waals surface area contributed by atoms with Crippen LogP contribution in [-0.4, -0.2) is 30.4 Å². The average molecular weight is 268 g/mol. The zero-order chi connectivity index (χ0) is 13.8. The molecule has 1 aromatic carbocycles. The lowest BCUT2D eigenvalue weighted by Gasteiger charge is -2.29. The summed E-state index contributed by atoms with van der Waals surface area (Å²) in [6.07, 6.45) is 2.16. The van der Waals surface area contributed by atoms with Gasteiger partial charge in [0.15, 0.2) is 0 Å². The fraction of sp³-hybridized carbons (Fsp3) is 0.500. The van der Waals surface area contributed by atoms with E-state index in [4.69, 9.17) is 0 Å². The predicted molar refractivity (Wildman–Crippen MR) is 69.8 cm³/mol. The quantitative estimate of drug-likeness (QED) is 0.914. The Bertz CT molecular complexity index is 457. The van der Waals surface area contributed by atoms with E-state index in [1.807, 2.05) is 0 Å². The number of carbonyl (C=O) groups excluding carboxylic acids is 1. The van der Waals surface area contributed by atoms with Crippen LogP contribution in [0.3, 0.4) is 0 Å². The molecular weight excluding hydrogens is 250 g/mol. The molecule has 1 aliphatic heterocycles. The van der Waals surface area contributed by atoms with Gasteiger partial charge in [-0.2, -0.15) is 0 Å². The number of rotatable bonds is 3. The predicted octanol–water partition coefficient (Wildman–Crippen LogP) is 2.64. The third kappa shape index (κ3) is 3.99. The Kier molecular flexibility index (Phi) is 4.47. The van der Waals surface area contributed by atoms with Crippen molar-refractivity contribution in [3.8, 4) is 0 Å². The van der Waals surface area contributed by atoms with Crippen molar-refractivity contribution in [2.75, 3.05) is 25.0 Å². The third-order valence-electron chi connectivity index (χ3n) is 3.45. The van der Waals surface area contributed by atoms with Crippen LogP contribution in [0.5, 0.6) is 0 Å². The largest absolute Gasteiger partial charge is 0.322 e. The minimum atomic E-state index is -0.749. The molecule has 0 aromatic heterocycles. The monoisotopic (exact) mass is 268 g/mol. The lowest BCUT2D eigenvalue weighted by Crippen LogP contribution is -2.38. The van der Waals surface area contributed by atoms with Gasteiger partial charge in [-0.15, -0.1) is 0 Å². The number of nitrogens with one attached hydrogen (secondary N) is 1. The standard InChI is InChI=1S/C14H18F2N2O/c1-10-4-6-18(7-5-10)9-14(19)17-13-3-2-11(15)8-12(13)16/h2-3,8,10H,4-7,9H2,1H3,(H,17,19). The van der Waals surface area contributed by atoms with Crippen molar-refractivity contribution in [2.24, 2.45) is 5.92 Å². The highest BCUT2D eigenvalue weighted by atomic mass is 19.1. The number of likely N-dealkylation sites (tertiary alicyclic amines) is 1. The summed E-state index contributed by atoms with van der Waals surface area (Å²) in [5.74, 6) is -0.963. The molecular formula is C14H18F2N2O. The zero-order valence-electron chi connectivity index (χ0n) is 11.0. The van der Waals surface area contributed by atoms with E-state index in [1.165, 1.54) is 6.07 Å². The van der Waals surface area contributed by atoms with E-state index in [0.717, 1.165) is 38.1 Å². The van der Waals surface area contributed by atoms with Gasteiger partial charge in [0, 0.05) is 6.07 Å². The van der Waals surface area contributed by atoms with Crippen LogP contribution in [0.1, 0.15) is 19.8 Å². The number of hydrogen-bond donors (Lipinski definition) is 1. The molecule has 0 saturated carbocycles. The Labute approximate surface area is 111 Å². The van der Waals surface area contributed by atoms with Gasteiger partial charge in [-0.3, -0.25) is 9.69 Å². The number of halogens is 2. The molecule has 1 amide bonds. The highest BCUT2D eigenvalue weighted by Crippen LogP contribution is 2.17. The summed E-state index contributed by atoms with van der Waals surface area (Å²) in [6, 6.07) is 3.13. The lowest BCUT2D eigenvalue weighted by molar-refractivity contribution is -0.117. The molecule has 5 heteroatoms. The van der Waals surface area contributed by atoms with Crippen LogP contribution >= 0.6 is 0 Å². The van der Waals surface area contributed by atoms with E-state index in [2.05, 4.69) is 17.1 Å². The van der Waals surface area contributed by atoms with Crippen molar-refractivity contribution in [3.63, 3.8) is 0 Å². The Hall–Kier alpha value is -1.49. The number of carbonyl (C=O) groups is 1. The summed E-state index contributed by atoms with van der Waals surface area (Å²) in [5, 5.41) is 2.47. The Morgan fingerprint density at radius 1 is 1.37 bits per heavy atom. The maximum atomic E-state index is 13.4. The van der Waals surface area contributed by atoms with Gasteiger partial charge in [-0.05, 0) is 44.0 Å². The molecule has 3 nitrogen and oxygen atoms in total. The molecule has 1 heterocycles.